The van der Waals surface area contributed by atoms with Crippen LogP contribution in [0.2, 0.25) is 0 Å². The minimum Gasteiger partial charge on any atom is -0.361 e. The van der Waals surface area contributed by atoms with E-state index in [0.717, 1.165) is 48.8 Å². The normalized spacial score (nSPS) is 18.3. The zero-order valence-electron chi connectivity index (χ0n) is 18.3. The van der Waals surface area contributed by atoms with E-state index >= 15 is 0 Å². The predicted molar refractivity (Wildman–Crippen MR) is 126 cm³/mol. The van der Waals surface area contributed by atoms with Gasteiger partial charge in [-0.1, -0.05) is 55.0 Å². The minimum absolute atomic E-state index is 0.0440. The van der Waals surface area contributed by atoms with Crippen molar-refractivity contribution in [2.24, 2.45) is 0 Å². The predicted octanol–water partition coefficient (Wildman–Crippen LogP) is 4.50. The van der Waals surface area contributed by atoms with Gasteiger partial charge in [0.1, 0.15) is 0 Å². The van der Waals surface area contributed by atoms with Gasteiger partial charge in [0.05, 0.1) is 12.5 Å². The zero-order valence-corrected chi connectivity index (χ0v) is 18.3. The third-order valence-corrected chi connectivity index (χ3v) is 6.78. The number of benzene rings is 2. The van der Waals surface area contributed by atoms with E-state index in [1.807, 2.05) is 41.4 Å². The molecule has 0 radical (unpaired) electrons. The van der Waals surface area contributed by atoms with Crippen LogP contribution >= 0.6 is 0 Å². The standard InChI is InChI=1S/C27H29N3O2/c31-26(28-15-14-20-17-29-24-12-6-4-10-21(20)24)16-23-22-11-5-7-13-25(22)30(27(23)32)18-19-8-2-1-3-9-19/h1-4,6,8-10,12,17,25,29H,5,7,11,13-16,18H2,(H,28,31). The number of rotatable bonds is 7. The number of H-pyrrole nitrogens is 1. The maximum atomic E-state index is 13.3. The van der Waals surface area contributed by atoms with Gasteiger partial charge in [0.25, 0.3) is 5.91 Å². The summed E-state index contributed by atoms with van der Waals surface area (Å²) < 4.78 is 0. The van der Waals surface area contributed by atoms with Gasteiger partial charge in [0, 0.05) is 35.8 Å². The van der Waals surface area contributed by atoms with E-state index in [0.29, 0.717) is 13.1 Å². The van der Waals surface area contributed by atoms with Crippen LogP contribution in [0.25, 0.3) is 10.9 Å². The Bertz CT molecular complexity index is 1160. The number of carbonyl (C=O) groups is 2. The highest BCUT2D eigenvalue weighted by Crippen LogP contribution is 2.38. The van der Waals surface area contributed by atoms with Gasteiger partial charge in [-0.2, -0.15) is 0 Å². The lowest BCUT2D eigenvalue weighted by atomic mass is 9.88. The number of aromatic nitrogens is 1. The van der Waals surface area contributed by atoms with Crippen LogP contribution in [0, 0.1) is 0 Å². The molecule has 5 rings (SSSR count). The van der Waals surface area contributed by atoms with Crippen LogP contribution < -0.4 is 5.32 Å². The first-order valence-corrected chi connectivity index (χ1v) is 11.6. The first-order chi connectivity index (χ1) is 15.7. The highest BCUT2D eigenvalue weighted by Gasteiger charge is 2.40. The molecule has 1 unspecified atom stereocenters. The fourth-order valence-corrected chi connectivity index (χ4v) is 5.19. The summed E-state index contributed by atoms with van der Waals surface area (Å²) in [6, 6.07) is 18.5. The fraction of sp³-hybridized carbons (Fsp3) is 0.333. The second kappa shape index (κ2) is 9.03. The second-order valence-corrected chi connectivity index (χ2v) is 8.82. The monoisotopic (exact) mass is 427 g/mol. The van der Waals surface area contributed by atoms with E-state index in [4.69, 9.17) is 0 Å². The largest absolute Gasteiger partial charge is 0.361 e. The quantitative estimate of drug-likeness (QED) is 0.583. The van der Waals surface area contributed by atoms with Crippen LogP contribution in [-0.4, -0.2) is 34.3 Å². The number of nitrogens with zero attached hydrogens (tertiary/aromatic N) is 1. The Morgan fingerprint density at radius 1 is 1.06 bits per heavy atom. The zero-order chi connectivity index (χ0) is 21.9. The number of fused-ring (bicyclic) bond motifs is 2. The first-order valence-electron chi connectivity index (χ1n) is 11.6. The molecule has 2 aliphatic rings. The number of aromatic amines is 1. The Labute approximate surface area is 188 Å². The van der Waals surface area contributed by atoms with Crippen LogP contribution in [0.3, 0.4) is 0 Å². The molecule has 1 aliphatic carbocycles. The Hall–Kier alpha value is -3.34. The third kappa shape index (κ3) is 4.07. The molecule has 0 bridgehead atoms. The molecule has 32 heavy (non-hydrogen) atoms. The van der Waals surface area contributed by atoms with Crippen molar-refractivity contribution in [3.8, 4) is 0 Å². The maximum absolute atomic E-state index is 13.3. The summed E-state index contributed by atoms with van der Waals surface area (Å²) in [6.45, 7) is 1.17. The highest BCUT2D eigenvalue weighted by atomic mass is 16.2. The highest BCUT2D eigenvalue weighted by molar-refractivity contribution is 6.02. The average Bonchev–Trinajstić information content (AvgIpc) is 3.35. The van der Waals surface area contributed by atoms with Crippen LogP contribution in [0.5, 0.6) is 0 Å². The molecule has 1 fully saturated rings. The van der Waals surface area contributed by atoms with Crippen molar-refractivity contribution in [2.75, 3.05) is 6.54 Å². The molecule has 5 nitrogen and oxygen atoms in total. The number of hydrogen-bond donors (Lipinski definition) is 2. The van der Waals surface area contributed by atoms with Gasteiger partial charge in [-0.15, -0.1) is 0 Å². The van der Waals surface area contributed by atoms with Crippen molar-refractivity contribution in [1.82, 2.24) is 15.2 Å². The van der Waals surface area contributed by atoms with Crippen molar-refractivity contribution in [2.45, 2.75) is 51.1 Å². The molecule has 0 saturated heterocycles. The van der Waals surface area contributed by atoms with E-state index in [2.05, 4.69) is 34.6 Å². The molecule has 2 amide bonds. The number of amides is 2. The third-order valence-electron chi connectivity index (χ3n) is 6.78. The van der Waals surface area contributed by atoms with Crippen molar-refractivity contribution >= 4 is 22.7 Å². The summed E-state index contributed by atoms with van der Waals surface area (Å²) in [6.07, 6.45) is 7.12. The Morgan fingerprint density at radius 2 is 1.88 bits per heavy atom. The molecular weight excluding hydrogens is 398 g/mol. The second-order valence-electron chi connectivity index (χ2n) is 8.82. The Kier molecular flexibility index (Phi) is 5.80. The summed E-state index contributed by atoms with van der Waals surface area (Å²) in [7, 11) is 0. The van der Waals surface area contributed by atoms with Gasteiger partial charge in [-0.3, -0.25) is 9.59 Å². The summed E-state index contributed by atoms with van der Waals surface area (Å²) in [5.41, 5.74) is 5.37. The Morgan fingerprint density at radius 3 is 2.75 bits per heavy atom. The van der Waals surface area contributed by atoms with Crippen LogP contribution in [0.1, 0.15) is 43.2 Å². The van der Waals surface area contributed by atoms with E-state index in [-0.39, 0.29) is 24.3 Å². The molecule has 1 atom stereocenters. The molecule has 2 aromatic carbocycles. The van der Waals surface area contributed by atoms with E-state index in [1.165, 1.54) is 16.5 Å². The van der Waals surface area contributed by atoms with Gasteiger partial charge < -0.3 is 15.2 Å². The topological polar surface area (TPSA) is 65.2 Å². The van der Waals surface area contributed by atoms with Gasteiger partial charge in [-0.05, 0) is 48.4 Å². The van der Waals surface area contributed by atoms with Crippen LogP contribution in [0.15, 0.2) is 71.9 Å². The van der Waals surface area contributed by atoms with Crippen molar-refractivity contribution in [1.29, 1.82) is 0 Å². The number of para-hydroxylation sites is 1. The number of hydrogen-bond acceptors (Lipinski definition) is 2. The van der Waals surface area contributed by atoms with Gasteiger partial charge in [-0.25, -0.2) is 0 Å². The Balaban J connectivity index is 1.23. The molecule has 2 heterocycles. The molecule has 3 aromatic rings. The van der Waals surface area contributed by atoms with E-state index in [9.17, 15) is 9.59 Å². The number of carbonyl (C=O) groups excluding carboxylic acids is 2. The lowest BCUT2D eigenvalue weighted by molar-refractivity contribution is -0.129. The maximum Gasteiger partial charge on any atom is 0.251 e. The minimum atomic E-state index is -0.0634. The summed E-state index contributed by atoms with van der Waals surface area (Å²) in [5.74, 6) is -0.0193. The molecule has 1 aromatic heterocycles. The number of nitrogens with one attached hydrogen (secondary N) is 2. The van der Waals surface area contributed by atoms with Crippen LogP contribution in [-0.2, 0) is 22.6 Å². The van der Waals surface area contributed by atoms with Crippen molar-refractivity contribution in [3.05, 3.63) is 83.1 Å². The molecule has 1 aliphatic heterocycles. The summed E-state index contributed by atoms with van der Waals surface area (Å²) in [4.78, 5) is 31.3. The van der Waals surface area contributed by atoms with E-state index < -0.39 is 0 Å². The molecule has 0 spiro atoms. The molecular formula is C27H29N3O2. The summed E-state index contributed by atoms with van der Waals surface area (Å²) in [5, 5.41) is 4.23. The van der Waals surface area contributed by atoms with Gasteiger partial charge in [0.15, 0.2) is 0 Å². The summed E-state index contributed by atoms with van der Waals surface area (Å²) >= 11 is 0. The molecule has 1 saturated carbocycles. The molecule has 2 N–H and O–H groups in total. The van der Waals surface area contributed by atoms with E-state index in [1.54, 1.807) is 0 Å². The van der Waals surface area contributed by atoms with Crippen molar-refractivity contribution < 1.29 is 9.59 Å². The van der Waals surface area contributed by atoms with Gasteiger partial charge >= 0.3 is 0 Å². The van der Waals surface area contributed by atoms with Gasteiger partial charge in [0.2, 0.25) is 5.91 Å². The first kappa shape index (κ1) is 20.6. The molecule has 164 valence electrons. The fourth-order valence-electron chi connectivity index (χ4n) is 5.19. The van der Waals surface area contributed by atoms with Crippen molar-refractivity contribution in [3.63, 3.8) is 0 Å². The lowest BCUT2D eigenvalue weighted by Crippen LogP contribution is -2.36. The lowest BCUT2D eigenvalue weighted by Gasteiger charge is -2.30. The van der Waals surface area contributed by atoms with Crippen LogP contribution in [0.4, 0.5) is 0 Å². The smallest absolute Gasteiger partial charge is 0.251 e. The SMILES string of the molecule is O=C(CC1=C2CCCCC2N(Cc2ccccc2)C1=O)NCCc1c[nH]c2ccccc12. The molecule has 5 heteroatoms. The average molecular weight is 428 g/mol.